The van der Waals surface area contributed by atoms with Crippen molar-refractivity contribution >= 4 is 29.3 Å². The van der Waals surface area contributed by atoms with Gasteiger partial charge in [0.1, 0.15) is 12.4 Å². The molecular formula is C29H39N9O2. The number of nitrogens with one attached hydrogen (secondary N) is 2. The van der Waals surface area contributed by atoms with Crippen LogP contribution in [0, 0.1) is 23.2 Å². The van der Waals surface area contributed by atoms with Crippen molar-refractivity contribution in [2.24, 2.45) is 5.84 Å². The number of hydrazine groups is 1. The van der Waals surface area contributed by atoms with Gasteiger partial charge >= 0.3 is 0 Å². The van der Waals surface area contributed by atoms with Gasteiger partial charge in [-0.25, -0.2) is 10.8 Å². The Morgan fingerprint density at radius 1 is 1.18 bits per heavy atom. The number of aromatic nitrogens is 2. The summed E-state index contributed by atoms with van der Waals surface area (Å²) in [6.45, 7) is 5.92. The molecule has 2 rings (SSSR count). The van der Waals surface area contributed by atoms with E-state index in [9.17, 15) is 9.59 Å². The van der Waals surface area contributed by atoms with E-state index in [0.29, 0.717) is 55.4 Å². The van der Waals surface area contributed by atoms with E-state index in [2.05, 4.69) is 45.4 Å². The molecule has 2 aromatic rings. The van der Waals surface area contributed by atoms with Crippen LogP contribution in [0.1, 0.15) is 44.2 Å². The molecule has 11 nitrogen and oxygen atoms in total. The highest BCUT2D eigenvalue weighted by molar-refractivity contribution is 5.91. The number of carbonyl (C=O) groups is 2. The van der Waals surface area contributed by atoms with Gasteiger partial charge in [0.15, 0.2) is 0 Å². The fourth-order valence-electron chi connectivity index (χ4n) is 3.36. The topological polar surface area (TPSA) is 144 Å². The molecule has 1 aromatic heterocycles. The minimum absolute atomic E-state index is 0.0730. The van der Waals surface area contributed by atoms with Crippen molar-refractivity contribution in [3.05, 3.63) is 53.7 Å². The summed E-state index contributed by atoms with van der Waals surface area (Å²) >= 11 is 0. The number of unbranched alkanes of at least 4 members (excludes halogenated alkanes) is 1. The van der Waals surface area contributed by atoms with E-state index in [4.69, 9.17) is 11.1 Å². The van der Waals surface area contributed by atoms with E-state index < -0.39 is 0 Å². The smallest absolute Gasteiger partial charge is 0.256 e. The Morgan fingerprint density at radius 3 is 2.58 bits per heavy atom. The van der Waals surface area contributed by atoms with Gasteiger partial charge in [0, 0.05) is 44.4 Å². The predicted octanol–water partition coefficient (Wildman–Crippen LogP) is 2.71. The maximum absolute atomic E-state index is 12.5. The third kappa shape index (κ3) is 11.1. The molecular weight excluding hydrogens is 506 g/mol. The van der Waals surface area contributed by atoms with E-state index in [-0.39, 0.29) is 18.4 Å². The molecule has 2 amide bonds. The lowest BCUT2D eigenvalue weighted by atomic mass is 10.2. The van der Waals surface area contributed by atoms with Crippen molar-refractivity contribution in [1.82, 2.24) is 24.8 Å². The van der Waals surface area contributed by atoms with Gasteiger partial charge in [0.25, 0.3) is 5.91 Å². The standard InChI is InChI=1S/C29H39N9O2/c1-5-17-32-28-24(21-33-29(35-28)34-25-15-13-23(20-30)14-16-25)11-8-7-9-19-38(31)27(40)22-37(6-2)26(39)12-10-18-36(3)4/h10,12-16,21H,5-7,9,17-19,22,31H2,1-4H3,(H2,32,33,34,35)/b12-10+. The van der Waals surface area contributed by atoms with Gasteiger partial charge < -0.3 is 20.4 Å². The van der Waals surface area contributed by atoms with Gasteiger partial charge in [-0.1, -0.05) is 24.8 Å². The zero-order valence-corrected chi connectivity index (χ0v) is 23.8. The second-order valence-corrected chi connectivity index (χ2v) is 9.21. The molecule has 1 aromatic carbocycles. The van der Waals surface area contributed by atoms with E-state index in [1.165, 1.54) is 11.0 Å². The lowest BCUT2D eigenvalue weighted by Gasteiger charge is -2.22. The lowest BCUT2D eigenvalue weighted by Crippen LogP contribution is -2.46. The van der Waals surface area contributed by atoms with Crippen molar-refractivity contribution in [1.29, 1.82) is 5.26 Å². The Kier molecular flexibility index (Phi) is 13.7. The average molecular weight is 546 g/mol. The van der Waals surface area contributed by atoms with E-state index in [1.54, 1.807) is 36.5 Å². The maximum Gasteiger partial charge on any atom is 0.256 e. The first kappa shape index (κ1) is 31.8. The second-order valence-electron chi connectivity index (χ2n) is 9.21. The van der Waals surface area contributed by atoms with Crippen molar-refractivity contribution in [2.45, 2.75) is 33.1 Å². The molecule has 11 heteroatoms. The molecule has 0 aliphatic carbocycles. The minimum atomic E-state index is -0.325. The van der Waals surface area contributed by atoms with Crippen LogP contribution in [0.4, 0.5) is 17.5 Å². The number of anilines is 3. The minimum Gasteiger partial charge on any atom is -0.369 e. The Labute approximate surface area is 237 Å². The molecule has 0 fully saturated rings. The predicted molar refractivity (Wildman–Crippen MR) is 157 cm³/mol. The number of hydrogen-bond donors (Lipinski definition) is 3. The Balaban J connectivity index is 1.92. The monoisotopic (exact) mass is 545 g/mol. The zero-order chi connectivity index (χ0) is 29.3. The van der Waals surface area contributed by atoms with Crippen LogP contribution in [0.15, 0.2) is 42.6 Å². The summed E-state index contributed by atoms with van der Waals surface area (Å²) in [4.78, 5) is 37.2. The molecule has 212 valence electrons. The highest BCUT2D eigenvalue weighted by atomic mass is 16.2. The highest BCUT2D eigenvalue weighted by Gasteiger charge is 2.16. The van der Waals surface area contributed by atoms with Crippen molar-refractivity contribution < 1.29 is 9.59 Å². The number of nitriles is 1. The average Bonchev–Trinajstić information content (AvgIpc) is 2.95. The summed E-state index contributed by atoms with van der Waals surface area (Å²) < 4.78 is 0. The summed E-state index contributed by atoms with van der Waals surface area (Å²) in [5.41, 5.74) is 2.01. The molecule has 0 unspecified atom stereocenters. The molecule has 40 heavy (non-hydrogen) atoms. The molecule has 0 spiro atoms. The number of nitrogens with zero attached hydrogens (tertiary/aromatic N) is 6. The Morgan fingerprint density at radius 2 is 1.93 bits per heavy atom. The van der Waals surface area contributed by atoms with Gasteiger partial charge in [-0.2, -0.15) is 10.2 Å². The normalized spacial score (nSPS) is 10.5. The first-order valence-corrected chi connectivity index (χ1v) is 13.3. The SMILES string of the molecule is CCCNc1nc(Nc2ccc(C#N)cc2)ncc1C#CCCCN(N)C(=O)CN(CC)C(=O)/C=C/CN(C)C. The molecule has 0 saturated carbocycles. The van der Waals surface area contributed by atoms with Crippen LogP contribution in [0.25, 0.3) is 0 Å². The van der Waals surface area contributed by atoms with Gasteiger partial charge in [-0.05, 0) is 58.1 Å². The number of nitrogens with two attached hydrogens (primary N) is 1. The summed E-state index contributed by atoms with van der Waals surface area (Å²) in [5, 5.41) is 16.5. The van der Waals surface area contributed by atoms with Crippen LogP contribution in [0.2, 0.25) is 0 Å². The number of carbonyl (C=O) groups excluding carboxylic acids is 2. The van der Waals surface area contributed by atoms with E-state index in [1.807, 2.05) is 25.9 Å². The van der Waals surface area contributed by atoms with Gasteiger partial charge in [0.05, 0.1) is 23.4 Å². The van der Waals surface area contributed by atoms with Gasteiger partial charge in [-0.3, -0.25) is 14.6 Å². The summed E-state index contributed by atoms with van der Waals surface area (Å²) in [5.74, 6) is 12.7. The maximum atomic E-state index is 12.5. The Bertz CT molecular complexity index is 1240. The van der Waals surface area contributed by atoms with Crippen molar-refractivity contribution in [3.63, 3.8) is 0 Å². The molecule has 0 radical (unpaired) electrons. The quantitative estimate of drug-likeness (QED) is 0.0815. The van der Waals surface area contributed by atoms with Crippen molar-refractivity contribution in [3.8, 4) is 17.9 Å². The van der Waals surface area contributed by atoms with Crippen molar-refractivity contribution in [2.75, 3.05) is 57.5 Å². The number of rotatable bonds is 14. The van der Waals surface area contributed by atoms with Crippen LogP contribution < -0.4 is 16.5 Å². The molecule has 0 bridgehead atoms. The van der Waals surface area contributed by atoms with Crippen LogP contribution in [-0.2, 0) is 9.59 Å². The zero-order valence-electron chi connectivity index (χ0n) is 23.8. The van der Waals surface area contributed by atoms with Crippen LogP contribution >= 0.6 is 0 Å². The number of benzene rings is 1. The molecule has 0 aliphatic heterocycles. The molecule has 0 aliphatic rings. The first-order valence-electron chi connectivity index (χ1n) is 13.3. The van der Waals surface area contributed by atoms with Crippen LogP contribution in [0.3, 0.4) is 0 Å². The molecule has 0 atom stereocenters. The van der Waals surface area contributed by atoms with Crippen LogP contribution in [0.5, 0.6) is 0 Å². The van der Waals surface area contributed by atoms with Crippen LogP contribution in [-0.4, -0.2) is 83.4 Å². The second kappa shape index (κ2) is 17.2. The fraction of sp³-hybridized carbons (Fsp3) is 0.414. The third-order valence-corrected chi connectivity index (χ3v) is 5.60. The molecule has 0 saturated heterocycles. The van der Waals surface area contributed by atoms with Gasteiger partial charge in [0.2, 0.25) is 11.9 Å². The lowest BCUT2D eigenvalue weighted by molar-refractivity contribution is -0.138. The first-order chi connectivity index (χ1) is 19.3. The summed E-state index contributed by atoms with van der Waals surface area (Å²) in [7, 11) is 3.83. The summed E-state index contributed by atoms with van der Waals surface area (Å²) in [6, 6.07) is 9.12. The molecule has 1 heterocycles. The summed E-state index contributed by atoms with van der Waals surface area (Å²) in [6.07, 6.45) is 6.92. The number of hydrogen-bond acceptors (Lipinski definition) is 9. The highest BCUT2D eigenvalue weighted by Crippen LogP contribution is 2.18. The number of likely N-dealkylation sites (N-methyl/N-ethyl adjacent to an activating group) is 2. The third-order valence-electron chi connectivity index (χ3n) is 5.60. The van der Waals surface area contributed by atoms with Gasteiger partial charge in [-0.15, -0.1) is 0 Å². The number of amides is 2. The van der Waals surface area contributed by atoms with E-state index >= 15 is 0 Å². The Hall–Kier alpha value is -4.45. The largest absolute Gasteiger partial charge is 0.369 e. The molecule has 4 N–H and O–H groups in total. The fourth-order valence-corrected chi connectivity index (χ4v) is 3.36. The van der Waals surface area contributed by atoms with E-state index in [0.717, 1.165) is 23.7 Å².